The highest BCUT2D eigenvalue weighted by molar-refractivity contribution is 5.74. The van der Waals surface area contributed by atoms with Crippen LogP contribution in [0, 0.1) is 5.92 Å². The maximum absolute atomic E-state index is 11.5. The average molecular weight is 195 g/mol. The van der Waals surface area contributed by atoms with E-state index in [2.05, 4.69) is 5.32 Å². The average Bonchev–Trinajstić information content (AvgIpc) is 2.61. The quantitative estimate of drug-likeness (QED) is 0.678. The van der Waals surface area contributed by atoms with Crippen LogP contribution in [0.15, 0.2) is 0 Å². The fraction of sp³-hybridized carbons (Fsp3) is 0.909. The molecule has 2 rings (SSSR count). The molecular formula is C11H19N2O. The van der Waals surface area contributed by atoms with Crippen LogP contribution in [0.2, 0.25) is 0 Å². The standard InChI is InChI=1S/C11H19N2O/c14-11(13-8-1-2-9-13)12-7-6-10-4-3-5-10/h10H,1-9H2. The van der Waals surface area contributed by atoms with E-state index in [1.807, 2.05) is 4.90 Å². The second-order valence-corrected chi connectivity index (χ2v) is 4.44. The van der Waals surface area contributed by atoms with Gasteiger partial charge in [-0.05, 0) is 25.2 Å². The van der Waals surface area contributed by atoms with Crippen molar-refractivity contribution >= 4 is 6.03 Å². The van der Waals surface area contributed by atoms with Gasteiger partial charge in [0.25, 0.3) is 0 Å². The van der Waals surface area contributed by atoms with Crippen LogP contribution in [0.25, 0.3) is 0 Å². The van der Waals surface area contributed by atoms with Gasteiger partial charge in [0.2, 0.25) is 0 Å². The number of carbonyl (C=O) groups excluding carboxylic acids is 1. The van der Waals surface area contributed by atoms with Crippen LogP contribution in [0.4, 0.5) is 4.79 Å². The first-order valence-corrected chi connectivity index (χ1v) is 5.82. The minimum absolute atomic E-state index is 0.0295. The van der Waals surface area contributed by atoms with Crippen molar-refractivity contribution in [1.82, 2.24) is 10.2 Å². The van der Waals surface area contributed by atoms with Crippen LogP contribution in [-0.4, -0.2) is 30.6 Å². The Morgan fingerprint density at radius 2 is 1.93 bits per heavy atom. The van der Waals surface area contributed by atoms with Gasteiger partial charge in [0.15, 0.2) is 0 Å². The lowest BCUT2D eigenvalue weighted by molar-refractivity contribution is 0.205. The summed E-state index contributed by atoms with van der Waals surface area (Å²) in [5, 5.41) is 4.12. The van der Waals surface area contributed by atoms with Crippen molar-refractivity contribution in [1.29, 1.82) is 0 Å². The Bertz CT molecular complexity index is 195. The third kappa shape index (κ3) is 2.40. The van der Waals surface area contributed by atoms with Crippen molar-refractivity contribution in [2.75, 3.05) is 19.6 Å². The van der Waals surface area contributed by atoms with Gasteiger partial charge in [0.1, 0.15) is 0 Å². The number of nitrogens with zero attached hydrogens (tertiary/aromatic N) is 2. The maximum Gasteiger partial charge on any atom is 0.338 e. The minimum atomic E-state index is 0.0295. The summed E-state index contributed by atoms with van der Waals surface area (Å²) in [5.41, 5.74) is 0. The fourth-order valence-electron chi connectivity index (χ4n) is 2.13. The second kappa shape index (κ2) is 4.67. The van der Waals surface area contributed by atoms with Crippen LogP contribution in [-0.2, 0) is 0 Å². The molecule has 1 saturated carbocycles. The van der Waals surface area contributed by atoms with Crippen LogP contribution >= 0.6 is 0 Å². The lowest BCUT2D eigenvalue weighted by atomic mass is 9.83. The SMILES string of the molecule is O=C([N]CCC1CCC1)N1CCCC1. The summed E-state index contributed by atoms with van der Waals surface area (Å²) in [7, 11) is 0. The molecule has 0 N–H and O–H groups in total. The largest absolute Gasteiger partial charge is 0.338 e. The van der Waals surface area contributed by atoms with Crippen LogP contribution in [0.5, 0.6) is 0 Å². The lowest BCUT2D eigenvalue weighted by Gasteiger charge is -2.25. The van der Waals surface area contributed by atoms with E-state index in [-0.39, 0.29) is 6.03 Å². The maximum atomic E-state index is 11.5. The first kappa shape index (κ1) is 9.81. The number of amides is 2. The number of hydrogen-bond acceptors (Lipinski definition) is 1. The van der Waals surface area contributed by atoms with Crippen molar-refractivity contribution in [2.24, 2.45) is 5.92 Å². The predicted molar refractivity (Wildman–Crippen MR) is 55.2 cm³/mol. The molecule has 1 radical (unpaired) electrons. The van der Waals surface area contributed by atoms with E-state index in [4.69, 9.17) is 0 Å². The Morgan fingerprint density at radius 3 is 2.50 bits per heavy atom. The van der Waals surface area contributed by atoms with Gasteiger partial charge >= 0.3 is 6.03 Å². The fourth-order valence-corrected chi connectivity index (χ4v) is 2.13. The summed E-state index contributed by atoms with van der Waals surface area (Å²) in [6.07, 6.45) is 7.53. The Morgan fingerprint density at radius 1 is 1.21 bits per heavy atom. The number of rotatable bonds is 3. The zero-order valence-electron chi connectivity index (χ0n) is 8.74. The van der Waals surface area contributed by atoms with Gasteiger partial charge in [-0.3, -0.25) is 0 Å². The van der Waals surface area contributed by atoms with Gasteiger partial charge in [-0.15, -0.1) is 0 Å². The molecule has 79 valence electrons. The number of carbonyl (C=O) groups is 1. The number of hydrogen-bond donors (Lipinski definition) is 0. The molecule has 0 atom stereocenters. The molecule has 1 aliphatic heterocycles. The van der Waals surface area contributed by atoms with Gasteiger partial charge in [-0.25, -0.2) is 10.1 Å². The van der Waals surface area contributed by atoms with Crippen LogP contribution in [0.3, 0.4) is 0 Å². The molecule has 0 bridgehead atoms. The van der Waals surface area contributed by atoms with E-state index in [0.717, 1.165) is 44.8 Å². The molecule has 1 heterocycles. The molecule has 2 aliphatic rings. The molecule has 0 aromatic rings. The Balaban J connectivity index is 1.57. The topological polar surface area (TPSA) is 34.4 Å². The third-order valence-electron chi connectivity index (χ3n) is 3.39. The van der Waals surface area contributed by atoms with Crippen molar-refractivity contribution in [3.8, 4) is 0 Å². The van der Waals surface area contributed by atoms with Crippen molar-refractivity contribution < 1.29 is 4.79 Å². The van der Waals surface area contributed by atoms with E-state index >= 15 is 0 Å². The normalized spacial score (nSPS) is 22.1. The van der Waals surface area contributed by atoms with Crippen LogP contribution in [0.1, 0.15) is 38.5 Å². The Labute approximate surface area is 85.8 Å². The molecule has 0 unspecified atom stereocenters. The molecule has 1 aliphatic carbocycles. The second-order valence-electron chi connectivity index (χ2n) is 4.44. The number of urea groups is 1. The first-order chi connectivity index (χ1) is 6.86. The highest BCUT2D eigenvalue weighted by atomic mass is 16.2. The van der Waals surface area contributed by atoms with Gasteiger partial charge in [-0.1, -0.05) is 19.3 Å². The molecular weight excluding hydrogens is 176 g/mol. The molecule has 3 heteroatoms. The zero-order chi connectivity index (χ0) is 9.80. The van der Waals surface area contributed by atoms with Gasteiger partial charge in [0.05, 0.1) is 0 Å². The lowest BCUT2D eigenvalue weighted by Crippen LogP contribution is -2.34. The molecule has 2 amide bonds. The molecule has 0 spiro atoms. The summed E-state index contributed by atoms with van der Waals surface area (Å²) >= 11 is 0. The molecule has 3 nitrogen and oxygen atoms in total. The Kier molecular flexibility index (Phi) is 3.27. The van der Waals surface area contributed by atoms with Crippen molar-refractivity contribution in [3.05, 3.63) is 0 Å². The molecule has 2 fully saturated rings. The van der Waals surface area contributed by atoms with Gasteiger partial charge in [0, 0.05) is 19.6 Å². The molecule has 0 aromatic heterocycles. The van der Waals surface area contributed by atoms with E-state index < -0.39 is 0 Å². The zero-order valence-corrected chi connectivity index (χ0v) is 8.74. The minimum Gasteiger partial charge on any atom is -0.323 e. The predicted octanol–water partition coefficient (Wildman–Crippen LogP) is 2.00. The number of likely N-dealkylation sites (tertiary alicyclic amines) is 1. The molecule has 1 saturated heterocycles. The highest BCUT2D eigenvalue weighted by Gasteiger charge is 2.20. The monoisotopic (exact) mass is 195 g/mol. The third-order valence-corrected chi connectivity index (χ3v) is 3.39. The smallest absolute Gasteiger partial charge is 0.323 e. The van der Waals surface area contributed by atoms with Gasteiger partial charge < -0.3 is 4.90 Å². The van der Waals surface area contributed by atoms with E-state index in [9.17, 15) is 4.79 Å². The van der Waals surface area contributed by atoms with Crippen molar-refractivity contribution in [3.63, 3.8) is 0 Å². The Hall–Kier alpha value is -0.730. The van der Waals surface area contributed by atoms with Crippen molar-refractivity contribution in [2.45, 2.75) is 38.5 Å². The first-order valence-electron chi connectivity index (χ1n) is 5.82. The summed E-state index contributed by atoms with van der Waals surface area (Å²) in [5.74, 6) is 0.866. The highest BCUT2D eigenvalue weighted by Crippen LogP contribution is 2.28. The van der Waals surface area contributed by atoms with E-state index in [1.165, 1.54) is 19.3 Å². The molecule has 14 heavy (non-hydrogen) atoms. The molecule has 0 aromatic carbocycles. The summed E-state index contributed by atoms with van der Waals surface area (Å²) in [6, 6.07) is 0.0295. The summed E-state index contributed by atoms with van der Waals surface area (Å²) < 4.78 is 0. The summed E-state index contributed by atoms with van der Waals surface area (Å²) in [4.78, 5) is 13.4. The van der Waals surface area contributed by atoms with E-state index in [0.29, 0.717) is 0 Å². The summed E-state index contributed by atoms with van der Waals surface area (Å²) in [6.45, 7) is 2.59. The van der Waals surface area contributed by atoms with E-state index in [1.54, 1.807) is 0 Å². The van der Waals surface area contributed by atoms with Gasteiger partial charge in [-0.2, -0.15) is 0 Å². The van der Waals surface area contributed by atoms with Crippen LogP contribution < -0.4 is 5.32 Å².